The van der Waals surface area contributed by atoms with E-state index in [1.165, 1.54) is 11.3 Å². The number of hydrogen-bond donors (Lipinski definition) is 1. The first-order valence-corrected chi connectivity index (χ1v) is 6.69. The Hall–Kier alpha value is -1.39. The smallest absolute Gasteiger partial charge is 0.273 e. The number of aliphatic hydroxyl groups is 1. The quantitative estimate of drug-likeness (QED) is 0.592. The molecule has 3 nitrogen and oxygen atoms in total. The number of aliphatic hydroxyl groups excluding tert-OH is 1. The number of thiazole rings is 1. The summed E-state index contributed by atoms with van der Waals surface area (Å²) in [4.78, 5) is 4.80. The van der Waals surface area contributed by atoms with Crippen molar-refractivity contribution in [3.05, 3.63) is 71.2 Å². The minimum Gasteiger partial charge on any atom is -0.747 e. The zero-order chi connectivity index (χ0) is 13.5. The fraction of sp³-hybridized carbons (Fsp3) is 0.133. The van der Waals surface area contributed by atoms with E-state index in [0.717, 1.165) is 10.4 Å². The number of nitrogens with zero attached hydrogens (tertiary/aromatic N) is 1. The number of rotatable bonds is 3. The predicted octanol–water partition coefficient (Wildman–Crippen LogP) is 3.36. The Morgan fingerprint density at radius 3 is 2.40 bits per heavy atom. The van der Waals surface area contributed by atoms with Crippen molar-refractivity contribution in [3.8, 4) is 5.19 Å². The molecule has 20 heavy (non-hydrogen) atoms. The van der Waals surface area contributed by atoms with Gasteiger partial charge in [-0.05, 0) is 0 Å². The van der Waals surface area contributed by atoms with Gasteiger partial charge in [0.2, 0.25) is 0 Å². The van der Waals surface area contributed by atoms with Crippen LogP contribution in [-0.4, -0.2) is 17.2 Å². The molecule has 0 radical (unpaired) electrons. The average Bonchev–Trinajstić information content (AvgIpc) is 3.20. The molecule has 0 aliphatic heterocycles. The van der Waals surface area contributed by atoms with Crippen molar-refractivity contribution in [2.75, 3.05) is 7.11 Å². The Balaban J connectivity index is 0.000000283. The Bertz CT molecular complexity index is 543. The molecule has 0 bridgehead atoms. The van der Waals surface area contributed by atoms with E-state index >= 15 is 0 Å². The van der Waals surface area contributed by atoms with Crippen molar-refractivity contribution in [3.63, 3.8) is 0 Å². The van der Waals surface area contributed by atoms with Gasteiger partial charge in [-0.3, -0.25) is 0 Å². The first-order chi connectivity index (χ1) is 9.31. The molecule has 1 unspecified atom stereocenters. The van der Waals surface area contributed by atoms with Crippen molar-refractivity contribution in [1.82, 2.24) is 4.98 Å². The van der Waals surface area contributed by atoms with Gasteiger partial charge in [-0.2, -0.15) is 18.2 Å². The van der Waals surface area contributed by atoms with Crippen LogP contribution in [0.4, 0.5) is 0 Å². The van der Waals surface area contributed by atoms with Gasteiger partial charge in [0.15, 0.2) is 0 Å². The molecule has 0 aliphatic rings. The Kier molecular flexibility index (Phi) is 7.26. The van der Waals surface area contributed by atoms with Gasteiger partial charge < -0.3 is 39.7 Å². The molecule has 0 amide bonds. The summed E-state index contributed by atoms with van der Waals surface area (Å²) in [5.41, 5.74) is 0.885. The fourth-order valence-electron chi connectivity index (χ4n) is 1.55. The van der Waals surface area contributed by atoms with Crippen LogP contribution in [0.3, 0.4) is 0 Å². The average molecular weight is 329 g/mol. The number of methoxy groups -OCH3 is 1. The third-order valence-corrected chi connectivity index (χ3v) is 3.52. The zero-order valence-corrected chi connectivity index (χ0v) is 12.8. The van der Waals surface area contributed by atoms with Gasteiger partial charge in [-0.25, -0.2) is 17.1 Å². The summed E-state index contributed by atoms with van der Waals surface area (Å²) in [5.74, 6) is 0. The van der Waals surface area contributed by atoms with Crippen LogP contribution < -0.4 is 4.74 Å². The minimum absolute atomic E-state index is 0. The molecule has 1 N–H and O–H groups in total. The topological polar surface area (TPSA) is 42.4 Å². The molecule has 5 heteroatoms. The van der Waals surface area contributed by atoms with E-state index < -0.39 is 6.10 Å². The van der Waals surface area contributed by atoms with E-state index in [1.54, 1.807) is 13.3 Å². The van der Waals surface area contributed by atoms with Crippen LogP contribution in [-0.2, 0) is 17.1 Å². The van der Waals surface area contributed by atoms with E-state index in [1.807, 2.05) is 54.6 Å². The normalized spacial score (nSPS) is 10.9. The molecule has 1 aromatic heterocycles. The fourth-order valence-corrected chi connectivity index (χ4v) is 2.29. The molecule has 0 aliphatic carbocycles. The molecular weight excluding hydrogens is 314 g/mol. The van der Waals surface area contributed by atoms with Gasteiger partial charge in [-0.15, -0.1) is 0 Å². The van der Waals surface area contributed by atoms with Crippen molar-refractivity contribution in [1.29, 1.82) is 0 Å². The standard InChI is InChI=1S/C10H10NO2S.C5H5.Fe/c1-13-10-11-6-8(14-10)9(12)7-4-2-3-5-7;1-2-4-5-3-1;/h2-6,9,12H,1H3;1-5H;/q-5;-1;. The molecule has 0 saturated heterocycles. The summed E-state index contributed by atoms with van der Waals surface area (Å²) in [5, 5.41) is 10.5. The van der Waals surface area contributed by atoms with Crippen LogP contribution in [0.5, 0.6) is 5.19 Å². The van der Waals surface area contributed by atoms with Crippen molar-refractivity contribution < 1.29 is 26.9 Å². The third-order valence-electron chi connectivity index (χ3n) is 2.51. The van der Waals surface area contributed by atoms with Crippen LogP contribution in [0.15, 0.2) is 60.8 Å². The van der Waals surface area contributed by atoms with Crippen LogP contribution in [0, 0.1) is 0 Å². The van der Waals surface area contributed by atoms with Crippen molar-refractivity contribution in [2.24, 2.45) is 0 Å². The molecule has 1 atom stereocenters. The summed E-state index contributed by atoms with van der Waals surface area (Å²) < 4.78 is 4.96. The summed E-state index contributed by atoms with van der Waals surface area (Å²) in [6.45, 7) is 0. The Labute approximate surface area is 133 Å². The summed E-state index contributed by atoms with van der Waals surface area (Å²) >= 11 is 1.36. The molecule has 0 saturated carbocycles. The van der Waals surface area contributed by atoms with Gasteiger partial charge in [-0.1, -0.05) is 17.4 Å². The molecule has 1 heterocycles. The maximum Gasteiger partial charge on any atom is 0.273 e. The van der Waals surface area contributed by atoms with E-state index in [-0.39, 0.29) is 17.1 Å². The van der Waals surface area contributed by atoms with Gasteiger partial charge >= 0.3 is 0 Å². The Morgan fingerprint density at radius 2 is 1.95 bits per heavy atom. The maximum absolute atomic E-state index is 9.90. The third kappa shape index (κ3) is 4.62. The largest absolute Gasteiger partial charge is 0.747 e. The molecule has 0 fully saturated rings. The first kappa shape index (κ1) is 16.7. The van der Waals surface area contributed by atoms with Crippen LogP contribution >= 0.6 is 11.3 Å². The Morgan fingerprint density at radius 1 is 1.30 bits per heavy atom. The number of aromatic nitrogens is 1. The summed E-state index contributed by atoms with van der Waals surface area (Å²) in [6, 6.07) is 17.6. The van der Waals surface area contributed by atoms with E-state index in [0.29, 0.717) is 5.19 Å². The molecular formula is C15H15FeNO2S-6. The first-order valence-electron chi connectivity index (χ1n) is 5.87. The molecule has 0 spiro atoms. The van der Waals surface area contributed by atoms with Crippen LogP contribution in [0.1, 0.15) is 16.5 Å². The second kappa shape index (κ2) is 8.72. The summed E-state index contributed by atoms with van der Waals surface area (Å²) in [6.07, 6.45) is 1.05. The number of hydrogen-bond acceptors (Lipinski definition) is 4. The number of ether oxygens (including phenoxy) is 1. The predicted molar refractivity (Wildman–Crippen MR) is 76.8 cm³/mol. The van der Waals surface area contributed by atoms with Crippen molar-refractivity contribution in [2.45, 2.75) is 6.10 Å². The zero-order valence-electron chi connectivity index (χ0n) is 10.9. The van der Waals surface area contributed by atoms with Gasteiger partial charge in [0.25, 0.3) is 5.19 Å². The molecule has 3 aromatic rings. The van der Waals surface area contributed by atoms with Crippen LogP contribution in [0.2, 0.25) is 0 Å². The molecule has 3 rings (SSSR count). The van der Waals surface area contributed by atoms with Crippen LogP contribution in [0.25, 0.3) is 0 Å². The van der Waals surface area contributed by atoms with Gasteiger partial charge in [0.05, 0.1) is 7.11 Å². The van der Waals surface area contributed by atoms with E-state index in [4.69, 9.17) is 4.74 Å². The monoisotopic (exact) mass is 329 g/mol. The van der Waals surface area contributed by atoms with Gasteiger partial charge in [0, 0.05) is 28.1 Å². The maximum atomic E-state index is 9.90. The van der Waals surface area contributed by atoms with E-state index in [9.17, 15) is 5.11 Å². The second-order valence-electron chi connectivity index (χ2n) is 3.82. The van der Waals surface area contributed by atoms with E-state index in [2.05, 4.69) is 4.98 Å². The minimum atomic E-state index is -0.591. The molecule has 112 valence electrons. The second-order valence-corrected chi connectivity index (χ2v) is 4.84. The summed E-state index contributed by atoms with van der Waals surface area (Å²) in [7, 11) is 1.57. The van der Waals surface area contributed by atoms with Crippen molar-refractivity contribution >= 4 is 11.3 Å². The van der Waals surface area contributed by atoms with Gasteiger partial charge in [0.1, 0.15) is 0 Å². The SMILES string of the molecule is COc1ncc(C(O)[c-]2[cH-][cH-][cH-][cH-]2)s1.[Fe].c1cc[cH-]c1. The molecule has 2 aromatic carbocycles.